The molecule has 3 rings (SSSR count). The van der Waals surface area contributed by atoms with E-state index < -0.39 is 6.04 Å². The van der Waals surface area contributed by atoms with Crippen LogP contribution in [0.15, 0.2) is 54.6 Å². The van der Waals surface area contributed by atoms with Crippen molar-refractivity contribution in [1.29, 1.82) is 0 Å². The van der Waals surface area contributed by atoms with E-state index in [-0.39, 0.29) is 23.8 Å². The van der Waals surface area contributed by atoms with E-state index in [4.69, 9.17) is 0 Å². The summed E-state index contributed by atoms with van der Waals surface area (Å²) in [6.45, 7) is 4.45. The fourth-order valence-electron chi connectivity index (χ4n) is 3.70. The van der Waals surface area contributed by atoms with Crippen LogP contribution in [0.25, 0.3) is 0 Å². The first-order chi connectivity index (χ1) is 14.4. The third-order valence-electron chi connectivity index (χ3n) is 5.11. The second-order valence-corrected chi connectivity index (χ2v) is 7.99. The number of nitrogens with one attached hydrogen (secondary N) is 2. The lowest BCUT2D eigenvalue weighted by atomic mass is 10.1. The molecule has 0 bridgehead atoms. The van der Waals surface area contributed by atoms with Crippen molar-refractivity contribution in [3.05, 3.63) is 65.7 Å². The molecular weight excluding hydrogens is 378 g/mol. The third-order valence-corrected chi connectivity index (χ3v) is 5.11. The number of anilines is 1. The smallest absolute Gasteiger partial charge is 0.247 e. The Morgan fingerprint density at radius 2 is 1.63 bits per heavy atom. The van der Waals surface area contributed by atoms with Gasteiger partial charge in [0.05, 0.1) is 12.8 Å². The van der Waals surface area contributed by atoms with Crippen molar-refractivity contribution in [3.63, 3.8) is 0 Å². The van der Waals surface area contributed by atoms with E-state index in [0.29, 0.717) is 31.5 Å². The van der Waals surface area contributed by atoms with Crippen LogP contribution >= 0.6 is 0 Å². The third kappa shape index (κ3) is 5.92. The zero-order valence-corrected chi connectivity index (χ0v) is 17.6. The number of hydrogen-bond acceptors (Lipinski definition) is 3. The number of hydrogen-bond donors (Lipinski definition) is 2. The monoisotopic (exact) mass is 407 g/mol. The first kappa shape index (κ1) is 21.6. The summed E-state index contributed by atoms with van der Waals surface area (Å²) in [5, 5.41) is 5.77. The molecule has 1 heterocycles. The van der Waals surface area contributed by atoms with Gasteiger partial charge < -0.3 is 15.5 Å². The molecule has 0 spiro atoms. The van der Waals surface area contributed by atoms with E-state index in [1.54, 1.807) is 17.0 Å². The summed E-state index contributed by atoms with van der Waals surface area (Å²) in [6, 6.07) is 16.5. The van der Waals surface area contributed by atoms with Gasteiger partial charge in [0, 0.05) is 18.3 Å². The van der Waals surface area contributed by atoms with E-state index >= 15 is 0 Å². The lowest BCUT2D eigenvalue weighted by molar-refractivity contribution is -0.136. The van der Waals surface area contributed by atoms with Crippen LogP contribution in [0.4, 0.5) is 5.69 Å². The van der Waals surface area contributed by atoms with Gasteiger partial charge in [-0.25, -0.2) is 0 Å². The van der Waals surface area contributed by atoms with Gasteiger partial charge in [0.15, 0.2) is 0 Å². The summed E-state index contributed by atoms with van der Waals surface area (Å²) in [4.78, 5) is 39.1. The normalized spacial score (nSPS) is 15.8. The fourth-order valence-corrected chi connectivity index (χ4v) is 3.70. The number of carbonyl (C=O) groups is 3. The fraction of sp³-hybridized carbons (Fsp3) is 0.375. The molecule has 2 N–H and O–H groups in total. The highest BCUT2D eigenvalue weighted by Gasteiger charge is 2.33. The van der Waals surface area contributed by atoms with Crippen molar-refractivity contribution < 1.29 is 14.4 Å². The summed E-state index contributed by atoms with van der Waals surface area (Å²) < 4.78 is 0. The highest BCUT2D eigenvalue weighted by molar-refractivity contribution is 5.97. The van der Waals surface area contributed by atoms with Crippen LogP contribution in [0.3, 0.4) is 0 Å². The summed E-state index contributed by atoms with van der Waals surface area (Å²) in [5.41, 5.74) is 2.49. The van der Waals surface area contributed by atoms with Gasteiger partial charge in [0.1, 0.15) is 6.04 Å². The molecule has 1 fully saturated rings. The van der Waals surface area contributed by atoms with Crippen molar-refractivity contribution in [2.45, 2.75) is 51.6 Å². The Kier molecular flexibility index (Phi) is 7.22. The molecule has 0 saturated carbocycles. The Balaban J connectivity index is 1.56. The maximum atomic E-state index is 12.8. The molecule has 0 radical (unpaired) electrons. The average molecular weight is 408 g/mol. The summed E-state index contributed by atoms with van der Waals surface area (Å²) in [5.74, 6) is -0.218. The van der Waals surface area contributed by atoms with Crippen LogP contribution in [-0.2, 0) is 27.2 Å². The molecule has 1 saturated heterocycles. The lowest BCUT2D eigenvalue weighted by Crippen LogP contribution is -2.43. The van der Waals surface area contributed by atoms with Crippen LogP contribution in [0.2, 0.25) is 0 Å². The molecule has 158 valence electrons. The second-order valence-electron chi connectivity index (χ2n) is 7.99. The van der Waals surface area contributed by atoms with E-state index in [2.05, 4.69) is 10.6 Å². The van der Waals surface area contributed by atoms with Crippen molar-refractivity contribution in [3.8, 4) is 0 Å². The molecule has 0 aromatic heterocycles. The Bertz CT molecular complexity index is 878. The quantitative estimate of drug-likeness (QED) is 0.741. The molecule has 1 aliphatic heterocycles. The zero-order valence-electron chi connectivity index (χ0n) is 17.6. The lowest BCUT2D eigenvalue weighted by Gasteiger charge is -2.24. The Morgan fingerprint density at radius 1 is 0.967 bits per heavy atom. The standard InChI is InChI=1S/C24H29N3O3/c1-17(2)25-22(28)15-19-10-12-20(13-11-19)26-24(30)21-9-6-14-27(21)23(29)16-18-7-4-3-5-8-18/h3-5,7-8,10-13,17,21H,6,9,14-16H2,1-2H3,(H,25,28)(H,26,30). The minimum Gasteiger partial charge on any atom is -0.354 e. The molecular formula is C24H29N3O3. The maximum Gasteiger partial charge on any atom is 0.247 e. The molecule has 2 aromatic rings. The minimum absolute atomic E-state index is 0.0228. The predicted octanol–water partition coefficient (Wildman–Crippen LogP) is 2.93. The number of rotatable bonds is 7. The van der Waals surface area contributed by atoms with Gasteiger partial charge in [-0.2, -0.15) is 0 Å². The number of likely N-dealkylation sites (tertiary alicyclic amines) is 1. The van der Waals surface area contributed by atoms with Crippen LogP contribution < -0.4 is 10.6 Å². The second kappa shape index (κ2) is 10.1. The molecule has 1 unspecified atom stereocenters. The number of amides is 3. The highest BCUT2D eigenvalue weighted by atomic mass is 16.2. The van der Waals surface area contributed by atoms with Crippen molar-refractivity contribution in [1.82, 2.24) is 10.2 Å². The minimum atomic E-state index is -0.447. The van der Waals surface area contributed by atoms with Gasteiger partial charge in [-0.05, 0) is 49.9 Å². The average Bonchev–Trinajstić information content (AvgIpc) is 3.20. The van der Waals surface area contributed by atoms with Gasteiger partial charge >= 0.3 is 0 Å². The van der Waals surface area contributed by atoms with Crippen LogP contribution in [0.1, 0.15) is 37.8 Å². The summed E-state index contributed by atoms with van der Waals surface area (Å²) >= 11 is 0. The van der Waals surface area contributed by atoms with E-state index in [1.165, 1.54) is 0 Å². The molecule has 30 heavy (non-hydrogen) atoms. The van der Waals surface area contributed by atoms with Crippen LogP contribution in [0, 0.1) is 0 Å². The SMILES string of the molecule is CC(C)NC(=O)Cc1ccc(NC(=O)C2CCCN2C(=O)Cc2ccccc2)cc1. The van der Waals surface area contributed by atoms with Gasteiger partial charge in [0.2, 0.25) is 17.7 Å². The van der Waals surface area contributed by atoms with Gasteiger partial charge in [-0.1, -0.05) is 42.5 Å². The number of nitrogens with zero attached hydrogens (tertiary/aromatic N) is 1. The molecule has 1 atom stereocenters. The maximum absolute atomic E-state index is 12.8. The molecule has 0 aliphatic carbocycles. The molecule has 6 nitrogen and oxygen atoms in total. The topological polar surface area (TPSA) is 78.5 Å². The largest absolute Gasteiger partial charge is 0.354 e. The van der Waals surface area contributed by atoms with Crippen molar-refractivity contribution in [2.24, 2.45) is 0 Å². The molecule has 1 aliphatic rings. The first-order valence-corrected chi connectivity index (χ1v) is 10.4. The molecule has 3 amide bonds. The van der Waals surface area contributed by atoms with Crippen LogP contribution in [0.5, 0.6) is 0 Å². The van der Waals surface area contributed by atoms with Gasteiger partial charge in [-0.3, -0.25) is 14.4 Å². The predicted molar refractivity (Wildman–Crippen MR) is 117 cm³/mol. The molecule has 2 aromatic carbocycles. The highest BCUT2D eigenvalue weighted by Crippen LogP contribution is 2.21. The Morgan fingerprint density at radius 3 is 2.30 bits per heavy atom. The van der Waals surface area contributed by atoms with E-state index in [1.807, 2.05) is 56.3 Å². The Hall–Kier alpha value is -3.15. The van der Waals surface area contributed by atoms with E-state index in [9.17, 15) is 14.4 Å². The number of benzene rings is 2. The summed E-state index contributed by atoms with van der Waals surface area (Å²) in [6.07, 6.45) is 2.09. The zero-order chi connectivity index (χ0) is 21.5. The van der Waals surface area contributed by atoms with Gasteiger partial charge in [-0.15, -0.1) is 0 Å². The van der Waals surface area contributed by atoms with Crippen molar-refractivity contribution >= 4 is 23.4 Å². The molecule has 6 heteroatoms. The number of carbonyl (C=O) groups excluding carboxylic acids is 3. The summed E-state index contributed by atoms with van der Waals surface area (Å²) in [7, 11) is 0. The van der Waals surface area contributed by atoms with Crippen LogP contribution in [-0.4, -0.2) is 41.2 Å². The Labute approximate surface area is 177 Å². The van der Waals surface area contributed by atoms with Crippen molar-refractivity contribution in [2.75, 3.05) is 11.9 Å². The first-order valence-electron chi connectivity index (χ1n) is 10.4. The van der Waals surface area contributed by atoms with Gasteiger partial charge in [0.25, 0.3) is 0 Å². The van der Waals surface area contributed by atoms with E-state index in [0.717, 1.165) is 17.5 Å².